The first-order valence-electron chi connectivity index (χ1n) is 8.34. The van der Waals surface area contributed by atoms with Gasteiger partial charge in [-0.1, -0.05) is 53.5 Å². The Morgan fingerprint density at radius 1 is 0.960 bits per heavy atom. The van der Waals surface area contributed by atoms with Gasteiger partial charge >= 0.3 is 0 Å². The molecule has 0 radical (unpaired) electrons. The zero-order chi connectivity index (χ0) is 17.6. The number of benzene rings is 2. The minimum Gasteiger partial charge on any atom is -0.324 e. The maximum Gasteiger partial charge on any atom is 0.238 e. The minimum atomic E-state index is -0.0688. The number of nitrogens with one attached hydrogen (secondary N) is 1. The molecule has 0 aliphatic carbocycles. The minimum absolute atomic E-state index is 0.0688. The molecule has 25 heavy (non-hydrogen) atoms. The monoisotopic (exact) mass is 377 g/mol. The fourth-order valence-electron chi connectivity index (χ4n) is 2.93. The van der Waals surface area contributed by atoms with Crippen LogP contribution >= 0.6 is 23.2 Å². The van der Waals surface area contributed by atoms with Crippen LogP contribution < -0.4 is 5.32 Å². The lowest BCUT2D eigenvalue weighted by Gasteiger charge is -2.34. The Hall–Kier alpha value is -1.59. The number of amides is 1. The topological polar surface area (TPSA) is 35.6 Å². The second-order valence-corrected chi connectivity index (χ2v) is 7.05. The van der Waals surface area contributed by atoms with Gasteiger partial charge in [-0.15, -0.1) is 0 Å². The summed E-state index contributed by atoms with van der Waals surface area (Å²) in [5.74, 6) is -0.0688. The summed E-state index contributed by atoms with van der Waals surface area (Å²) in [6.07, 6.45) is 0. The summed E-state index contributed by atoms with van der Waals surface area (Å²) < 4.78 is 0. The van der Waals surface area contributed by atoms with Crippen LogP contribution in [0.15, 0.2) is 48.5 Å². The molecule has 0 saturated carbocycles. The molecule has 2 aromatic rings. The second-order valence-electron chi connectivity index (χ2n) is 6.21. The first-order valence-corrected chi connectivity index (χ1v) is 9.09. The van der Waals surface area contributed by atoms with Gasteiger partial charge in [-0.2, -0.15) is 0 Å². The molecule has 4 nitrogen and oxygen atoms in total. The quantitative estimate of drug-likeness (QED) is 0.861. The molecule has 132 valence electrons. The Labute approximate surface area is 158 Å². The zero-order valence-electron chi connectivity index (χ0n) is 13.9. The number of anilines is 1. The number of rotatable bonds is 5. The van der Waals surface area contributed by atoms with Crippen molar-refractivity contribution in [1.82, 2.24) is 9.80 Å². The molecule has 1 aliphatic rings. The second kappa shape index (κ2) is 8.68. The van der Waals surface area contributed by atoms with Gasteiger partial charge in [0.15, 0.2) is 0 Å². The third-order valence-electron chi connectivity index (χ3n) is 4.28. The van der Waals surface area contributed by atoms with E-state index in [1.165, 1.54) is 5.56 Å². The zero-order valence-corrected chi connectivity index (χ0v) is 15.4. The van der Waals surface area contributed by atoms with Crippen LogP contribution in [0.2, 0.25) is 10.0 Å². The standard InChI is InChI=1S/C19H21Cl2N3O/c20-16-6-7-17(21)18(12-16)22-19(25)14-24-10-8-23(9-11-24)13-15-4-2-1-3-5-15/h1-7,12H,8-11,13-14H2,(H,22,25). The Morgan fingerprint density at radius 2 is 1.64 bits per heavy atom. The molecule has 1 aliphatic heterocycles. The van der Waals surface area contributed by atoms with Crippen molar-refractivity contribution in [2.75, 3.05) is 38.0 Å². The molecule has 1 fully saturated rings. The lowest BCUT2D eigenvalue weighted by Crippen LogP contribution is -2.48. The van der Waals surface area contributed by atoms with Crippen LogP contribution in [0, 0.1) is 0 Å². The largest absolute Gasteiger partial charge is 0.324 e. The van der Waals surface area contributed by atoms with E-state index in [0.29, 0.717) is 22.3 Å². The smallest absolute Gasteiger partial charge is 0.238 e. The fraction of sp³-hybridized carbons (Fsp3) is 0.316. The van der Waals surface area contributed by atoms with E-state index in [1.807, 2.05) is 6.07 Å². The predicted molar refractivity (Wildman–Crippen MR) is 103 cm³/mol. The number of piperazine rings is 1. The summed E-state index contributed by atoms with van der Waals surface area (Å²) >= 11 is 12.0. The summed E-state index contributed by atoms with van der Waals surface area (Å²) in [6.45, 7) is 4.99. The molecule has 1 amide bonds. The average Bonchev–Trinajstić information content (AvgIpc) is 2.61. The number of carbonyl (C=O) groups is 1. The first kappa shape index (κ1) is 18.2. The highest BCUT2D eigenvalue weighted by Gasteiger charge is 2.19. The van der Waals surface area contributed by atoms with E-state index >= 15 is 0 Å². The Balaban J connectivity index is 1.45. The number of nitrogens with zero attached hydrogens (tertiary/aromatic N) is 2. The van der Waals surface area contributed by atoms with Gasteiger partial charge in [0.25, 0.3) is 0 Å². The van der Waals surface area contributed by atoms with Crippen LogP contribution in [0.1, 0.15) is 5.56 Å². The van der Waals surface area contributed by atoms with Crippen molar-refractivity contribution in [2.45, 2.75) is 6.54 Å². The number of halogens is 2. The molecule has 0 unspecified atom stereocenters. The van der Waals surface area contributed by atoms with Gasteiger partial charge in [0.05, 0.1) is 17.3 Å². The molecule has 2 aromatic carbocycles. The van der Waals surface area contributed by atoms with E-state index in [-0.39, 0.29) is 5.91 Å². The van der Waals surface area contributed by atoms with Gasteiger partial charge in [-0.25, -0.2) is 0 Å². The van der Waals surface area contributed by atoms with Crippen molar-refractivity contribution < 1.29 is 4.79 Å². The Bertz CT molecular complexity index is 716. The highest BCUT2D eigenvalue weighted by Crippen LogP contribution is 2.25. The first-order chi connectivity index (χ1) is 12.1. The van der Waals surface area contributed by atoms with Gasteiger partial charge in [-0.3, -0.25) is 14.6 Å². The summed E-state index contributed by atoms with van der Waals surface area (Å²) in [5.41, 5.74) is 1.88. The van der Waals surface area contributed by atoms with Gasteiger partial charge in [0.2, 0.25) is 5.91 Å². The molecule has 1 heterocycles. The Kier molecular flexibility index (Phi) is 6.32. The molecule has 0 aromatic heterocycles. The molecule has 1 saturated heterocycles. The van der Waals surface area contributed by atoms with E-state index in [2.05, 4.69) is 39.4 Å². The summed E-state index contributed by atoms with van der Waals surface area (Å²) in [4.78, 5) is 16.8. The number of hydrogen-bond donors (Lipinski definition) is 1. The molecule has 6 heteroatoms. The molecular weight excluding hydrogens is 357 g/mol. The van der Waals surface area contributed by atoms with Crippen LogP contribution in [0.5, 0.6) is 0 Å². The molecule has 0 bridgehead atoms. The van der Waals surface area contributed by atoms with Crippen LogP contribution in [-0.2, 0) is 11.3 Å². The van der Waals surface area contributed by atoms with Gasteiger partial charge in [0, 0.05) is 37.7 Å². The van der Waals surface area contributed by atoms with Crippen LogP contribution in [-0.4, -0.2) is 48.4 Å². The van der Waals surface area contributed by atoms with Crippen molar-refractivity contribution in [1.29, 1.82) is 0 Å². The summed E-state index contributed by atoms with van der Waals surface area (Å²) in [7, 11) is 0. The van der Waals surface area contributed by atoms with Crippen LogP contribution in [0.25, 0.3) is 0 Å². The van der Waals surface area contributed by atoms with Crippen LogP contribution in [0.3, 0.4) is 0 Å². The maximum absolute atomic E-state index is 12.2. The lowest BCUT2D eigenvalue weighted by molar-refractivity contribution is -0.117. The highest BCUT2D eigenvalue weighted by molar-refractivity contribution is 6.35. The van der Waals surface area contributed by atoms with Crippen molar-refractivity contribution in [2.24, 2.45) is 0 Å². The van der Waals surface area contributed by atoms with Crippen molar-refractivity contribution in [3.63, 3.8) is 0 Å². The van der Waals surface area contributed by atoms with E-state index in [4.69, 9.17) is 23.2 Å². The molecular formula is C19H21Cl2N3O. The Morgan fingerprint density at radius 3 is 2.36 bits per heavy atom. The van der Waals surface area contributed by atoms with Crippen molar-refractivity contribution in [3.8, 4) is 0 Å². The summed E-state index contributed by atoms with van der Waals surface area (Å²) in [6, 6.07) is 15.5. The fourth-order valence-corrected chi connectivity index (χ4v) is 3.27. The SMILES string of the molecule is O=C(CN1CCN(Cc2ccccc2)CC1)Nc1cc(Cl)ccc1Cl. The third-order valence-corrected chi connectivity index (χ3v) is 4.85. The van der Waals surface area contributed by atoms with Crippen molar-refractivity contribution >= 4 is 34.8 Å². The van der Waals surface area contributed by atoms with E-state index in [9.17, 15) is 4.79 Å². The third kappa shape index (κ3) is 5.44. The molecule has 0 atom stereocenters. The molecule has 3 rings (SSSR count). The predicted octanol–water partition coefficient (Wildman–Crippen LogP) is 3.75. The van der Waals surface area contributed by atoms with Crippen molar-refractivity contribution in [3.05, 3.63) is 64.1 Å². The van der Waals surface area contributed by atoms with E-state index < -0.39 is 0 Å². The van der Waals surface area contributed by atoms with E-state index in [0.717, 1.165) is 32.7 Å². The molecule has 1 N–H and O–H groups in total. The van der Waals surface area contributed by atoms with E-state index in [1.54, 1.807) is 18.2 Å². The van der Waals surface area contributed by atoms with Gasteiger partial charge < -0.3 is 5.32 Å². The van der Waals surface area contributed by atoms with Crippen LogP contribution in [0.4, 0.5) is 5.69 Å². The van der Waals surface area contributed by atoms with Gasteiger partial charge in [0.1, 0.15) is 0 Å². The highest BCUT2D eigenvalue weighted by atomic mass is 35.5. The molecule has 0 spiro atoms. The lowest BCUT2D eigenvalue weighted by atomic mass is 10.2. The number of hydrogen-bond acceptors (Lipinski definition) is 3. The average molecular weight is 378 g/mol. The van der Waals surface area contributed by atoms with Gasteiger partial charge in [-0.05, 0) is 23.8 Å². The maximum atomic E-state index is 12.2. The normalized spacial score (nSPS) is 15.9. The number of carbonyl (C=O) groups excluding carboxylic acids is 1. The summed E-state index contributed by atoms with van der Waals surface area (Å²) in [5, 5.41) is 3.88.